The number of carbonyl (C=O) groups is 1. The van der Waals surface area contributed by atoms with E-state index in [-0.39, 0.29) is 33.2 Å². The number of nitrogens with two attached hydrogens (primary N) is 1. The highest BCUT2D eigenvalue weighted by molar-refractivity contribution is 7.92. The van der Waals surface area contributed by atoms with Gasteiger partial charge in [0.2, 0.25) is 0 Å². The molecule has 4 aromatic rings. The number of sulfonamides is 1. The third-order valence-corrected chi connectivity index (χ3v) is 7.46. The van der Waals surface area contributed by atoms with E-state index in [1.807, 2.05) is 18.4 Å². The molecule has 0 saturated heterocycles. The molecule has 0 aliphatic rings. The van der Waals surface area contributed by atoms with Crippen molar-refractivity contribution in [2.75, 3.05) is 10.5 Å². The lowest BCUT2D eigenvalue weighted by Gasteiger charge is -2.12. The average molecular weight is 518 g/mol. The molecule has 0 aliphatic carbocycles. The zero-order valence-corrected chi connectivity index (χ0v) is 20.8. The largest absolute Gasteiger partial charge is 0.383 e. The molecule has 0 unspecified atom stereocenters. The van der Waals surface area contributed by atoms with E-state index < -0.39 is 10.0 Å². The molecule has 0 amide bonds. The minimum absolute atomic E-state index is 0.0135. The summed E-state index contributed by atoms with van der Waals surface area (Å²) in [4.78, 5) is 21.8. The summed E-state index contributed by atoms with van der Waals surface area (Å²) in [6, 6.07) is 8.84. The molecule has 2 aromatic carbocycles. The number of halogens is 2. The molecule has 0 fully saturated rings. The normalized spacial score (nSPS) is 11.8. The van der Waals surface area contributed by atoms with Crippen molar-refractivity contribution in [2.45, 2.75) is 31.7 Å². The Morgan fingerprint density at radius 2 is 1.82 bits per heavy atom. The molecule has 2 aromatic heterocycles. The quantitative estimate of drug-likeness (QED) is 0.337. The minimum Gasteiger partial charge on any atom is -0.383 e. The lowest BCUT2D eigenvalue weighted by molar-refractivity contribution is 0.103. The van der Waals surface area contributed by atoms with Gasteiger partial charge in [-0.2, -0.15) is 0 Å². The van der Waals surface area contributed by atoms with Crippen molar-refractivity contribution in [1.82, 2.24) is 14.5 Å². The average Bonchev–Trinajstić information content (AvgIpc) is 3.15. The smallest absolute Gasteiger partial charge is 0.263 e. The van der Waals surface area contributed by atoms with Gasteiger partial charge in [0.05, 0.1) is 16.0 Å². The van der Waals surface area contributed by atoms with Gasteiger partial charge in [0.15, 0.2) is 5.78 Å². The van der Waals surface area contributed by atoms with Gasteiger partial charge in [-0.25, -0.2) is 18.4 Å². The monoisotopic (exact) mass is 517 g/mol. The number of hydrogen-bond donors (Lipinski definition) is 2. The number of nitrogens with one attached hydrogen (secondary N) is 1. The van der Waals surface area contributed by atoms with Crippen LogP contribution >= 0.6 is 23.2 Å². The number of aryl methyl sites for hydroxylation is 1. The van der Waals surface area contributed by atoms with E-state index >= 15 is 0 Å². The summed E-state index contributed by atoms with van der Waals surface area (Å²) in [6.07, 6.45) is 3.06. The van der Waals surface area contributed by atoms with Gasteiger partial charge < -0.3 is 10.3 Å². The molecule has 0 saturated carbocycles. The number of ketones is 1. The first-order chi connectivity index (χ1) is 16.0. The van der Waals surface area contributed by atoms with E-state index in [2.05, 4.69) is 14.7 Å². The van der Waals surface area contributed by atoms with Gasteiger partial charge >= 0.3 is 0 Å². The van der Waals surface area contributed by atoms with Crippen molar-refractivity contribution in [3.63, 3.8) is 0 Å². The number of benzene rings is 2. The predicted octanol–water partition coefficient (Wildman–Crippen LogP) is 5.24. The number of aromatic nitrogens is 3. The lowest BCUT2D eigenvalue weighted by atomic mass is 9.98. The van der Waals surface area contributed by atoms with E-state index in [1.165, 1.54) is 30.6 Å². The van der Waals surface area contributed by atoms with Gasteiger partial charge in [0.25, 0.3) is 10.0 Å². The van der Waals surface area contributed by atoms with E-state index in [0.29, 0.717) is 32.7 Å². The summed E-state index contributed by atoms with van der Waals surface area (Å²) in [7, 11) is -4.03. The number of fused-ring (bicyclic) bond motifs is 1. The van der Waals surface area contributed by atoms with Crippen LogP contribution in [0.4, 0.5) is 11.5 Å². The summed E-state index contributed by atoms with van der Waals surface area (Å²) >= 11 is 12.0. The molecular weight excluding hydrogens is 497 g/mol. The number of nitrogen functional groups attached to an aromatic ring is 1. The first-order valence-corrected chi connectivity index (χ1v) is 12.5. The second kappa shape index (κ2) is 8.90. The van der Waals surface area contributed by atoms with Crippen LogP contribution in [-0.2, 0) is 10.0 Å². The molecule has 0 atom stereocenters. The molecule has 2 heterocycles. The van der Waals surface area contributed by atoms with E-state index in [1.54, 1.807) is 25.3 Å². The van der Waals surface area contributed by atoms with Crippen LogP contribution in [0.3, 0.4) is 0 Å². The van der Waals surface area contributed by atoms with Gasteiger partial charge in [0.1, 0.15) is 22.7 Å². The summed E-state index contributed by atoms with van der Waals surface area (Å²) in [6.45, 7) is 5.70. The third-order valence-electron chi connectivity index (χ3n) is 5.36. The first kappa shape index (κ1) is 24.0. The minimum atomic E-state index is -4.03. The van der Waals surface area contributed by atoms with Crippen molar-refractivity contribution in [3.8, 4) is 0 Å². The highest BCUT2D eigenvalue weighted by atomic mass is 35.5. The Kier molecular flexibility index (Phi) is 6.28. The number of hydrogen-bond acceptors (Lipinski definition) is 6. The van der Waals surface area contributed by atoms with Crippen LogP contribution in [0, 0.1) is 6.92 Å². The van der Waals surface area contributed by atoms with Crippen LogP contribution < -0.4 is 10.5 Å². The Balaban J connectivity index is 1.77. The molecule has 3 N–H and O–H groups in total. The van der Waals surface area contributed by atoms with Gasteiger partial charge in [-0.3, -0.25) is 9.52 Å². The lowest BCUT2D eigenvalue weighted by Crippen LogP contribution is -2.14. The zero-order chi connectivity index (χ0) is 24.8. The van der Waals surface area contributed by atoms with Crippen molar-refractivity contribution in [2.24, 2.45) is 0 Å². The number of nitrogens with zero attached hydrogens (tertiary/aromatic N) is 3. The van der Waals surface area contributed by atoms with Crippen molar-refractivity contribution in [3.05, 3.63) is 75.7 Å². The standard InChI is InChI=1S/C23H21Cl2N5O3S/c1-12(2)30-10-17(20-22(26)27-11-28-23(20)30)21(31)16-9-15(6-4-13(16)3)29-34(32,33)19-7-5-14(24)8-18(19)25/h4-12,29H,1-3H3,(H2,26,27,28). The number of rotatable bonds is 6. The van der Waals surface area contributed by atoms with Gasteiger partial charge in [-0.1, -0.05) is 29.3 Å². The highest BCUT2D eigenvalue weighted by Crippen LogP contribution is 2.31. The Bertz CT molecular complexity index is 1550. The van der Waals surface area contributed by atoms with Crippen molar-refractivity contribution >= 4 is 61.5 Å². The molecule has 4 rings (SSSR count). The molecule has 0 aliphatic heterocycles. The Morgan fingerprint density at radius 1 is 1.09 bits per heavy atom. The van der Waals surface area contributed by atoms with Gasteiger partial charge in [-0.05, 0) is 56.7 Å². The van der Waals surface area contributed by atoms with Crippen LogP contribution in [0.2, 0.25) is 10.0 Å². The second-order valence-corrected chi connectivity index (χ2v) is 10.5. The maximum atomic E-state index is 13.6. The Hall–Kier alpha value is -3.14. The van der Waals surface area contributed by atoms with Gasteiger partial charge in [0, 0.05) is 28.5 Å². The number of anilines is 2. The molecule has 0 radical (unpaired) electrons. The fraction of sp³-hybridized carbons (Fsp3) is 0.174. The Labute approximate surface area is 206 Å². The first-order valence-electron chi connectivity index (χ1n) is 10.2. The molecule has 8 nitrogen and oxygen atoms in total. The molecular formula is C23H21Cl2N5O3S. The van der Waals surface area contributed by atoms with E-state index in [4.69, 9.17) is 28.9 Å². The van der Waals surface area contributed by atoms with Crippen molar-refractivity contribution < 1.29 is 13.2 Å². The fourth-order valence-electron chi connectivity index (χ4n) is 3.65. The topological polar surface area (TPSA) is 120 Å². The number of carbonyl (C=O) groups excluding carboxylic acids is 1. The van der Waals surface area contributed by atoms with Crippen molar-refractivity contribution in [1.29, 1.82) is 0 Å². The zero-order valence-electron chi connectivity index (χ0n) is 18.5. The van der Waals surface area contributed by atoms with Crippen LogP contribution in [0.15, 0.2) is 53.8 Å². The fourth-order valence-corrected chi connectivity index (χ4v) is 5.48. The molecule has 34 heavy (non-hydrogen) atoms. The SMILES string of the molecule is Cc1ccc(NS(=O)(=O)c2ccc(Cl)cc2Cl)cc1C(=O)c1cn(C(C)C)c2ncnc(N)c12. The summed E-state index contributed by atoms with van der Waals surface area (Å²) in [5, 5.41) is 0.760. The maximum Gasteiger partial charge on any atom is 0.263 e. The molecule has 0 spiro atoms. The summed E-state index contributed by atoms with van der Waals surface area (Å²) < 4.78 is 30.1. The van der Waals surface area contributed by atoms with Crippen LogP contribution in [-0.4, -0.2) is 28.7 Å². The van der Waals surface area contributed by atoms with E-state index in [9.17, 15) is 13.2 Å². The second-order valence-electron chi connectivity index (χ2n) is 8.04. The molecule has 176 valence electrons. The van der Waals surface area contributed by atoms with Crippen LogP contribution in [0.5, 0.6) is 0 Å². The molecule has 0 bridgehead atoms. The summed E-state index contributed by atoms with van der Waals surface area (Å²) in [5.41, 5.74) is 8.17. The molecule has 11 heteroatoms. The van der Waals surface area contributed by atoms with E-state index in [0.717, 1.165) is 0 Å². The summed E-state index contributed by atoms with van der Waals surface area (Å²) in [5.74, 6) is -0.131. The van der Waals surface area contributed by atoms with Gasteiger partial charge in [-0.15, -0.1) is 0 Å². The highest BCUT2D eigenvalue weighted by Gasteiger charge is 2.24. The third kappa shape index (κ3) is 4.34. The maximum absolute atomic E-state index is 13.6. The van der Waals surface area contributed by atoms with Crippen LogP contribution in [0.25, 0.3) is 11.0 Å². The predicted molar refractivity (Wildman–Crippen MR) is 134 cm³/mol. The van der Waals surface area contributed by atoms with Crippen LogP contribution in [0.1, 0.15) is 41.4 Å². The Morgan fingerprint density at radius 3 is 2.50 bits per heavy atom.